The topological polar surface area (TPSA) is 106 Å². The van der Waals surface area contributed by atoms with Gasteiger partial charge in [0.15, 0.2) is 0 Å². The summed E-state index contributed by atoms with van der Waals surface area (Å²) < 4.78 is 31.6. The molecule has 0 aromatic rings. The second kappa shape index (κ2) is 8.35. The van der Waals surface area contributed by atoms with E-state index in [0.717, 1.165) is 0 Å². The molecule has 0 bridgehead atoms. The standard InChI is InChI=1S/Fe.Na.H2O4S.H2O.H/c;;1-5(2,3)4;;/h;;(H2,1,2,3,4);1H2;/q;+1;;;-1. The van der Waals surface area contributed by atoms with Crippen molar-refractivity contribution in [1.29, 1.82) is 0 Å². The van der Waals surface area contributed by atoms with Crippen molar-refractivity contribution in [3.63, 3.8) is 0 Å². The smallest absolute Gasteiger partial charge is 1.00 e. The Labute approximate surface area is 81.0 Å². The molecular formula is H5FeNaO5S. The van der Waals surface area contributed by atoms with Gasteiger partial charge in [0.25, 0.3) is 0 Å². The third-order valence-electron chi connectivity index (χ3n) is 0. The third-order valence-corrected chi connectivity index (χ3v) is 0. The summed E-state index contributed by atoms with van der Waals surface area (Å²) in [5.41, 5.74) is 0. The largest absolute Gasteiger partial charge is 1.00 e. The normalized spacial score (nSPS) is 7.25. The molecular weight excluding hydrogens is 191 g/mol. The predicted octanol–water partition coefficient (Wildman–Crippen LogP) is -4.36. The van der Waals surface area contributed by atoms with E-state index in [1.165, 1.54) is 0 Å². The monoisotopic (exact) mass is 196 g/mol. The van der Waals surface area contributed by atoms with E-state index in [1.54, 1.807) is 0 Å². The molecule has 50 valence electrons. The fourth-order valence-corrected chi connectivity index (χ4v) is 0. The zero-order valence-corrected chi connectivity index (χ0v) is 7.89. The Morgan fingerprint density at radius 3 is 1.25 bits per heavy atom. The second-order valence-corrected chi connectivity index (χ2v) is 1.34. The molecule has 0 unspecified atom stereocenters. The van der Waals surface area contributed by atoms with E-state index in [9.17, 15) is 0 Å². The Balaban J connectivity index is -0.0000000133. The maximum absolute atomic E-state index is 8.74. The van der Waals surface area contributed by atoms with E-state index in [1.807, 2.05) is 0 Å². The van der Waals surface area contributed by atoms with Crippen molar-refractivity contribution >= 4 is 10.4 Å². The average molecular weight is 196 g/mol. The number of rotatable bonds is 0. The Morgan fingerprint density at radius 1 is 1.25 bits per heavy atom. The van der Waals surface area contributed by atoms with Crippen LogP contribution in [0.4, 0.5) is 0 Å². The van der Waals surface area contributed by atoms with E-state index >= 15 is 0 Å². The molecule has 5 nitrogen and oxygen atoms in total. The Kier molecular flexibility index (Phi) is 23.8. The number of hydrogen-bond acceptors (Lipinski definition) is 2. The minimum absolute atomic E-state index is 0. The van der Waals surface area contributed by atoms with Crippen LogP contribution in [0, 0.1) is 0 Å². The van der Waals surface area contributed by atoms with E-state index in [4.69, 9.17) is 17.5 Å². The predicted molar refractivity (Wildman–Crippen MR) is 18.9 cm³/mol. The molecule has 0 atom stereocenters. The van der Waals surface area contributed by atoms with Crippen LogP contribution < -0.4 is 29.6 Å². The van der Waals surface area contributed by atoms with Crippen LogP contribution in [0.2, 0.25) is 0 Å². The SMILES string of the molecule is O.O=S(=O)(O)O.[Fe].[H-].[Na+]. The molecule has 0 amide bonds. The van der Waals surface area contributed by atoms with Gasteiger partial charge in [0.05, 0.1) is 0 Å². The third kappa shape index (κ3) is 163. The van der Waals surface area contributed by atoms with Crippen molar-refractivity contribution < 1.29 is 71.1 Å². The molecule has 0 aliphatic carbocycles. The summed E-state index contributed by atoms with van der Waals surface area (Å²) in [6, 6.07) is 0. The van der Waals surface area contributed by atoms with Crippen molar-refractivity contribution in [3.05, 3.63) is 0 Å². The first-order valence-electron chi connectivity index (χ1n) is 0.698. The van der Waals surface area contributed by atoms with E-state index in [0.29, 0.717) is 0 Å². The van der Waals surface area contributed by atoms with Crippen LogP contribution in [0.15, 0.2) is 0 Å². The molecule has 0 fully saturated rings. The van der Waals surface area contributed by atoms with Crippen LogP contribution in [0.25, 0.3) is 0 Å². The Bertz CT molecular complexity index is 100. The molecule has 4 N–H and O–H groups in total. The Morgan fingerprint density at radius 2 is 1.25 bits per heavy atom. The van der Waals surface area contributed by atoms with E-state index < -0.39 is 10.4 Å². The molecule has 0 aromatic carbocycles. The van der Waals surface area contributed by atoms with Crippen LogP contribution in [0.3, 0.4) is 0 Å². The van der Waals surface area contributed by atoms with Crippen molar-refractivity contribution in [1.82, 2.24) is 0 Å². The summed E-state index contributed by atoms with van der Waals surface area (Å²) in [6.07, 6.45) is 0. The first-order chi connectivity index (χ1) is 2.00. The molecule has 0 radical (unpaired) electrons. The zero-order chi connectivity index (χ0) is 4.50. The molecule has 0 saturated heterocycles. The fourth-order valence-electron chi connectivity index (χ4n) is 0. The van der Waals surface area contributed by atoms with Crippen LogP contribution in [-0.2, 0) is 27.5 Å². The summed E-state index contributed by atoms with van der Waals surface area (Å²) >= 11 is 0. The van der Waals surface area contributed by atoms with Gasteiger partial charge in [0, 0.05) is 17.1 Å². The molecule has 0 rings (SSSR count). The van der Waals surface area contributed by atoms with E-state index in [2.05, 4.69) is 0 Å². The van der Waals surface area contributed by atoms with Crippen molar-refractivity contribution in [2.45, 2.75) is 0 Å². The minimum atomic E-state index is -4.67. The van der Waals surface area contributed by atoms with Gasteiger partial charge in [-0.15, -0.1) is 0 Å². The Hall–Kier alpha value is 1.35. The van der Waals surface area contributed by atoms with Crippen LogP contribution >= 0.6 is 0 Å². The quantitative estimate of drug-likeness (QED) is 0.301. The number of hydrogen-bond donors (Lipinski definition) is 2. The minimum Gasteiger partial charge on any atom is -1.00 e. The molecule has 8 heteroatoms. The van der Waals surface area contributed by atoms with Gasteiger partial charge in [-0.3, -0.25) is 9.11 Å². The van der Waals surface area contributed by atoms with Gasteiger partial charge >= 0.3 is 40.0 Å². The van der Waals surface area contributed by atoms with Gasteiger partial charge in [-0.1, -0.05) is 0 Å². The molecule has 0 spiro atoms. The molecule has 0 saturated carbocycles. The van der Waals surface area contributed by atoms with Crippen LogP contribution in [0.1, 0.15) is 1.43 Å². The summed E-state index contributed by atoms with van der Waals surface area (Å²) in [4.78, 5) is 0. The zero-order valence-electron chi connectivity index (χ0n) is 4.97. The molecule has 0 heterocycles. The van der Waals surface area contributed by atoms with Gasteiger partial charge in [0.2, 0.25) is 0 Å². The van der Waals surface area contributed by atoms with Crippen LogP contribution in [0.5, 0.6) is 0 Å². The van der Waals surface area contributed by atoms with Crippen molar-refractivity contribution in [2.75, 3.05) is 0 Å². The fraction of sp³-hybridized carbons (Fsp3) is 0. The van der Waals surface area contributed by atoms with E-state index in [-0.39, 0.29) is 53.5 Å². The van der Waals surface area contributed by atoms with Crippen molar-refractivity contribution in [2.24, 2.45) is 0 Å². The average Bonchev–Trinajstić information content (AvgIpc) is 0.722. The summed E-state index contributed by atoms with van der Waals surface area (Å²) in [7, 11) is -4.67. The van der Waals surface area contributed by atoms with Gasteiger partial charge in [-0.05, 0) is 0 Å². The summed E-state index contributed by atoms with van der Waals surface area (Å²) in [5, 5.41) is 0. The molecule has 0 aliphatic rings. The molecule has 0 aliphatic heterocycles. The van der Waals surface area contributed by atoms with Gasteiger partial charge in [-0.2, -0.15) is 8.42 Å². The maximum atomic E-state index is 8.74. The summed E-state index contributed by atoms with van der Waals surface area (Å²) in [6.45, 7) is 0. The second-order valence-electron chi connectivity index (χ2n) is 0.448. The first-order valence-corrected chi connectivity index (χ1v) is 2.10. The van der Waals surface area contributed by atoms with Gasteiger partial charge in [0.1, 0.15) is 0 Å². The van der Waals surface area contributed by atoms with Crippen LogP contribution in [-0.4, -0.2) is 23.0 Å². The maximum Gasteiger partial charge on any atom is 1.00 e. The molecule has 8 heavy (non-hydrogen) atoms. The van der Waals surface area contributed by atoms with Crippen molar-refractivity contribution in [3.8, 4) is 0 Å². The summed E-state index contributed by atoms with van der Waals surface area (Å²) in [5.74, 6) is 0. The first kappa shape index (κ1) is 22.8. The molecule has 0 aromatic heterocycles. The van der Waals surface area contributed by atoms with Gasteiger partial charge < -0.3 is 6.90 Å². The van der Waals surface area contributed by atoms with Gasteiger partial charge in [-0.25, -0.2) is 0 Å².